The number of carbonyl (C=O) groups is 1. The molecule has 3 rings (SSSR count). The first kappa shape index (κ1) is 16.6. The van der Waals surface area contributed by atoms with Crippen LogP contribution in [0.5, 0.6) is 0 Å². The number of hydrogen-bond donors (Lipinski definition) is 0. The first-order valence-electron chi connectivity index (χ1n) is 8.22. The SMILES string of the molecule is CN(C)C[C@@H]1CCn2nccc2CN1C(=O)Cc1cccc(F)c1. The fourth-order valence-corrected chi connectivity index (χ4v) is 3.25. The van der Waals surface area contributed by atoms with Gasteiger partial charge in [0.15, 0.2) is 0 Å². The third-order valence-corrected chi connectivity index (χ3v) is 4.39. The highest BCUT2D eigenvalue weighted by atomic mass is 19.1. The molecule has 0 spiro atoms. The molecule has 0 bridgehead atoms. The minimum Gasteiger partial charge on any atom is -0.332 e. The van der Waals surface area contributed by atoms with E-state index in [0.717, 1.165) is 25.2 Å². The van der Waals surface area contributed by atoms with E-state index in [1.54, 1.807) is 18.3 Å². The molecule has 2 aromatic rings. The summed E-state index contributed by atoms with van der Waals surface area (Å²) in [7, 11) is 4.03. The molecule has 0 radical (unpaired) electrons. The molecule has 1 atom stereocenters. The number of carbonyl (C=O) groups excluding carboxylic acids is 1. The summed E-state index contributed by atoms with van der Waals surface area (Å²) in [5, 5.41) is 4.34. The van der Waals surface area contributed by atoms with Crippen molar-refractivity contribution in [2.24, 2.45) is 0 Å². The first-order chi connectivity index (χ1) is 11.5. The van der Waals surface area contributed by atoms with Gasteiger partial charge < -0.3 is 9.80 Å². The van der Waals surface area contributed by atoms with Crippen molar-refractivity contribution in [2.75, 3.05) is 20.6 Å². The second-order valence-corrected chi connectivity index (χ2v) is 6.58. The Morgan fingerprint density at radius 2 is 2.21 bits per heavy atom. The standard InChI is InChI=1S/C18H23FN4O/c1-21(2)12-16-7-9-23-17(6-8-20-23)13-22(16)18(24)11-14-4-3-5-15(19)10-14/h3-6,8,10,16H,7,9,11-13H2,1-2H3/t16-/m0/s1. The Balaban J connectivity index is 1.81. The molecule has 0 saturated carbocycles. The van der Waals surface area contributed by atoms with Crippen molar-refractivity contribution in [3.05, 3.63) is 53.6 Å². The molecule has 5 nitrogen and oxygen atoms in total. The molecule has 0 saturated heterocycles. The van der Waals surface area contributed by atoms with E-state index in [1.165, 1.54) is 12.1 Å². The molecular formula is C18H23FN4O. The van der Waals surface area contributed by atoms with Gasteiger partial charge in [-0.15, -0.1) is 0 Å². The maximum atomic E-state index is 13.4. The molecule has 0 unspecified atom stereocenters. The Hall–Kier alpha value is -2.21. The molecule has 1 aliphatic heterocycles. The number of aromatic nitrogens is 2. The lowest BCUT2D eigenvalue weighted by Gasteiger charge is -2.32. The number of hydrogen-bond acceptors (Lipinski definition) is 3. The van der Waals surface area contributed by atoms with Gasteiger partial charge in [-0.3, -0.25) is 9.48 Å². The highest BCUT2D eigenvalue weighted by Gasteiger charge is 2.28. The van der Waals surface area contributed by atoms with Crippen LogP contribution in [0, 0.1) is 5.82 Å². The summed E-state index contributed by atoms with van der Waals surface area (Å²) in [6, 6.07) is 8.36. The first-order valence-corrected chi connectivity index (χ1v) is 8.22. The lowest BCUT2D eigenvalue weighted by Crippen LogP contribution is -2.45. The zero-order valence-electron chi connectivity index (χ0n) is 14.2. The quantitative estimate of drug-likeness (QED) is 0.860. The van der Waals surface area contributed by atoms with Crippen LogP contribution >= 0.6 is 0 Å². The Morgan fingerprint density at radius 1 is 1.38 bits per heavy atom. The van der Waals surface area contributed by atoms with Crippen LogP contribution in [0.4, 0.5) is 4.39 Å². The predicted molar refractivity (Wildman–Crippen MR) is 89.8 cm³/mol. The number of aryl methyl sites for hydroxylation is 1. The van der Waals surface area contributed by atoms with E-state index in [2.05, 4.69) is 10.00 Å². The molecular weight excluding hydrogens is 307 g/mol. The normalized spacial score (nSPS) is 17.7. The van der Waals surface area contributed by atoms with Gasteiger partial charge in [0.2, 0.25) is 5.91 Å². The maximum absolute atomic E-state index is 13.4. The van der Waals surface area contributed by atoms with Crippen molar-refractivity contribution in [3.8, 4) is 0 Å². The third kappa shape index (κ3) is 3.82. The van der Waals surface area contributed by atoms with Crippen LogP contribution in [0.25, 0.3) is 0 Å². The van der Waals surface area contributed by atoms with Crippen molar-refractivity contribution >= 4 is 5.91 Å². The minimum atomic E-state index is -0.306. The van der Waals surface area contributed by atoms with Gasteiger partial charge in [-0.1, -0.05) is 12.1 Å². The van der Waals surface area contributed by atoms with Crippen molar-refractivity contribution in [2.45, 2.75) is 32.0 Å². The topological polar surface area (TPSA) is 41.4 Å². The summed E-state index contributed by atoms with van der Waals surface area (Å²) >= 11 is 0. The number of rotatable bonds is 4. The fraction of sp³-hybridized carbons (Fsp3) is 0.444. The van der Waals surface area contributed by atoms with E-state index in [0.29, 0.717) is 12.1 Å². The second-order valence-electron chi connectivity index (χ2n) is 6.58. The molecule has 0 aliphatic carbocycles. The molecule has 128 valence electrons. The summed E-state index contributed by atoms with van der Waals surface area (Å²) in [5.74, 6) is -0.277. The highest BCUT2D eigenvalue weighted by molar-refractivity contribution is 5.79. The summed E-state index contributed by atoms with van der Waals surface area (Å²) in [6.45, 7) is 2.16. The van der Waals surface area contributed by atoms with Gasteiger partial charge in [0, 0.05) is 25.3 Å². The summed E-state index contributed by atoms with van der Waals surface area (Å²) < 4.78 is 15.4. The van der Waals surface area contributed by atoms with Gasteiger partial charge in [-0.25, -0.2) is 4.39 Å². The van der Waals surface area contributed by atoms with Gasteiger partial charge in [-0.05, 0) is 44.3 Å². The zero-order chi connectivity index (χ0) is 17.1. The lowest BCUT2D eigenvalue weighted by atomic mass is 10.1. The van der Waals surface area contributed by atoms with E-state index < -0.39 is 0 Å². The van der Waals surface area contributed by atoms with E-state index in [4.69, 9.17) is 0 Å². The smallest absolute Gasteiger partial charge is 0.227 e. The fourth-order valence-electron chi connectivity index (χ4n) is 3.25. The minimum absolute atomic E-state index is 0.0297. The Morgan fingerprint density at radius 3 is 2.96 bits per heavy atom. The molecule has 0 N–H and O–H groups in total. The Kier molecular flexibility index (Phi) is 4.94. The number of fused-ring (bicyclic) bond motifs is 1. The number of amides is 1. The zero-order valence-corrected chi connectivity index (χ0v) is 14.2. The average molecular weight is 330 g/mol. The van der Waals surface area contributed by atoms with Crippen LogP contribution in [0.1, 0.15) is 17.7 Å². The van der Waals surface area contributed by atoms with E-state index in [9.17, 15) is 9.18 Å². The highest BCUT2D eigenvalue weighted by Crippen LogP contribution is 2.19. The maximum Gasteiger partial charge on any atom is 0.227 e. The van der Waals surface area contributed by atoms with Crippen molar-refractivity contribution in [3.63, 3.8) is 0 Å². The van der Waals surface area contributed by atoms with Crippen molar-refractivity contribution in [1.82, 2.24) is 19.6 Å². The van der Waals surface area contributed by atoms with E-state index >= 15 is 0 Å². The summed E-state index contributed by atoms with van der Waals surface area (Å²) in [6.07, 6.45) is 2.86. The number of halogens is 1. The monoisotopic (exact) mass is 330 g/mol. The number of benzene rings is 1. The number of likely N-dealkylation sites (N-methyl/N-ethyl adjacent to an activating group) is 1. The summed E-state index contributed by atoms with van der Waals surface area (Å²) in [5.41, 5.74) is 1.75. The largest absolute Gasteiger partial charge is 0.332 e. The van der Waals surface area contributed by atoms with Crippen LogP contribution in [0.3, 0.4) is 0 Å². The molecule has 24 heavy (non-hydrogen) atoms. The Labute approximate surface area is 141 Å². The third-order valence-electron chi connectivity index (χ3n) is 4.39. The predicted octanol–water partition coefficient (Wildman–Crippen LogP) is 1.93. The van der Waals surface area contributed by atoms with Crippen molar-refractivity contribution < 1.29 is 9.18 Å². The molecule has 1 aromatic heterocycles. The molecule has 2 heterocycles. The summed E-state index contributed by atoms with van der Waals surface area (Å²) in [4.78, 5) is 16.9. The van der Waals surface area contributed by atoms with Crippen LogP contribution in [-0.4, -0.2) is 52.2 Å². The van der Waals surface area contributed by atoms with Gasteiger partial charge in [0.25, 0.3) is 0 Å². The molecule has 1 aliphatic rings. The van der Waals surface area contributed by atoms with Crippen LogP contribution in [0.2, 0.25) is 0 Å². The van der Waals surface area contributed by atoms with Crippen LogP contribution in [-0.2, 0) is 24.3 Å². The van der Waals surface area contributed by atoms with Gasteiger partial charge in [-0.2, -0.15) is 5.10 Å². The van der Waals surface area contributed by atoms with Crippen molar-refractivity contribution in [1.29, 1.82) is 0 Å². The average Bonchev–Trinajstić information content (AvgIpc) is 2.89. The van der Waals surface area contributed by atoms with Gasteiger partial charge in [0.05, 0.1) is 18.7 Å². The van der Waals surface area contributed by atoms with E-state index in [-0.39, 0.29) is 24.2 Å². The van der Waals surface area contributed by atoms with Gasteiger partial charge >= 0.3 is 0 Å². The van der Waals surface area contributed by atoms with Gasteiger partial charge in [0.1, 0.15) is 5.82 Å². The lowest BCUT2D eigenvalue weighted by molar-refractivity contribution is -0.133. The molecule has 0 fully saturated rings. The second kappa shape index (κ2) is 7.13. The molecule has 6 heteroatoms. The number of nitrogens with zero attached hydrogens (tertiary/aromatic N) is 4. The van der Waals surface area contributed by atoms with E-state index in [1.807, 2.05) is 29.7 Å². The Bertz CT molecular complexity index is 713. The van der Waals surface area contributed by atoms with Crippen LogP contribution < -0.4 is 0 Å². The molecule has 1 aromatic carbocycles. The van der Waals surface area contributed by atoms with Crippen LogP contribution in [0.15, 0.2) is 36.5 Å². The molecule has 1 amide bonds.